The van der Waals surface area contributed by atoms with Crippen molar-refractivity contribution in [1.29, 1.82) is 0 Å². The third-order valence-corrected chi connectivity index (χ3v) is 4.24. The molecular weight excluding hydrogens is 260 g/mol. The standard InChI is InChI=1S/C17H30N4/c1-4-8-18-17-12-16(5-9-19-17)14-21(3)13-15-6-10-20(2)11-7-15/h5,9,12,15H,4,6-8,10-11,13-14H2,1-3H3,(H,18,19). The summed E-state index contributed by atoms with van der Waals surface area (Å²) in [7, 11) is 4.46. The van der Waals surface area contributed by atoms with Crippen LogP contribution in [0, 0.1) is 5.92 Å². The first-order chi connectivity index (χ1) is 10.2. The van der Waals surface area contributed by atoms with Crippen LogP contribution in [0.25, 0.3) is 0 Å². The molecule has 1 aromatic heterocycles. The predicted molar refractivity (Wildman–Crippen MR) is 89.6 cm³/mol. The van der Waals surface area contributed by atoms with E-state index in [-0.39, 0.29) is 0 Å². The van der Waals surface area contributed by atoms with E-state index in [0.717, 1.165) is 31.2 Å². The van der Waals surface area contributed by atoms with Crippen LogP contribution in [0.4, 0.5) is 5.82 Å². The first kappa shape index (κ1) is 16.2. The van der Waals surface area contributed by atoms with Gasteiger partial charge >= 0.3 is 0 Å². The van der Waals surface area contributed by atoms with Gasteiger partial charge in [0.2, 0.25) is 0 Å². The van der Waals surface area contributed by atoms with Gasteiger partial charge in [-0.2, -0.15) is 0 Å². The van der Waals surface area contributed by atoms with Crippen molar-refractivity contribution < 1.29 is 0 Å². The molecule has 1 saturated heterocycles. The van der Waals surface area contributed by atoms with Crippen molar-refractivity contribution in [3.8, 4) is 0 Å². The Kier molecular flexibility index (Phi) is 6.46. The molecule has 0 aromatic carbocycles. The van der Waals surface area contributed by atoms with Crippen molar-refractivity contribution in [2.24, 2.45) is 5.92 Å². The lowest BCUT2D eigenvalue weighted by Crippen LogP contribution is -2.35. The van der Waals surface area contributed by atoms with E-state index in [9.17, 15) is 0 Å². The molecule has 0 bridgehead atoms. The predicted octanol–water partition coefficient (Wildman–Crippen LogP) is 2.68. The molecule has 1 fully saturated rings. The molecule has 4 heteroatoms. The molecule has 1 N–H and O–H groups in total. The Morgan fingerprint density at radius 3 is 2.86 bits per heavy atom. The average Bonchev–Trinajstić information content (AvgIpc) is 2.48. The lowest BCUT2D eigenvalue weighted by molar-refractivity contribution is 0.173. The molecule has 0 aliphatic carbocycles. The van der Waals surface area contributed by atoms with Gasteiger partial charge in [-0.25, -0.2) is 4.98 Å². The molecule has 4 nitrogen and oxygen atoms in total. The maximum absolute atomic E-state index is 4.37. The normalized spacial score (nSPS) is 17.3. The highest BCUT2D eigenvalue weighted by Gasteiger charge is 2.18. The molecular formula is C17H30N4. The van der Waals surface area contributed by atoms with Crippen molar-refractivity contribution in [3.63, 3.8) is 0 Å². The number of hydrogen-bond donors (Lipinski definition) is 1. The minimum atomic E-state index is 0.853. The third kappa shape index (κ3) is 5.64. The SMILES string of the molecule is CCCNc1cc(CN(C)CC2CCN(C)CC2)ccn1. The van der Waals surface area contributed by atoms with Gasteiger partial charge in [0.1, 0.15) is 5.82 Å². The quantitative estimate of drug-likeness (QED) is 0.836. The smallest absolute Gasteiger partial charge is 0.126 e. The lowest BCUT2D eigenvalue weighted by atomic mass is 9.96. The van der Waals surface area contributed by atoms with Crippen LogP contribution in [0.3, 0.4) is 0 Å². The molecule has 1 aliphatic rings. The van der Waals surface area contributed by atoms with Gasteiger partial charge in [-0.05, 0) is 70.1 Å². The van der Waals surface area contributed by atoms with Crippen LogP contribution in [-0.4, -0.2) is 55.1 Å². The molecule has 2 rings (SSSR count). The molecule has 0 amide bonds. The monoisotopic (exact) mass is 290 g/mol. The molecule has 0 spiro atoms. The van der Waals surface area contributed by atoms with E-state index in [4.69, 9.17) is 0 Å². The maximum Gasteiger partial charge on any atom is 0.126 e. The number of anilines is 1. The number of likely N-dealkylation sites (tertiary alicyclic amines) is 1. The van der Waals surface area contributed by atoms with Crippen LogP contribution in [0.1, 0.15) is 31.7 Å². The van der Waals surface area contributed by atoms with Crippen molar-refractivity contribution in [1.82, 2.24) is 14.8 Å². The summed E-state index contributed by atoms with van der Waals surface area (Å²) in [5, 5.41) is 3.36. The number of nitrogens with one attached hydrogen (secondary N) is 1. The Bertz CT molecular complexity index is 413. The summed E-state index contributed by atoms with van der Waals surface area (Å²) >= 11 is 0. The second-order valence-corrected chi connectivity index (χ2v) is 6.42. The average molecular weight is 290 g/mol. The number of rotatable bonds is 7. The molecule has 0 atom stereocenters. The van der Waals surface area contributed by atoms with Crippen LogP contribution in [0.15, 0.2) is 18.3 Å². The van der Waals surface area contributed by atoms with E-state index in [0.29, 0.717) is 0 Å². The van der Waals surface area contributed by atoms with E-state index < -0.39 is 0 Å². The van der Waals surface area contributed by atoms with Gasteiger partial charge in [-0.3, -0.25) is 0 Å². The Balaban J connectivity index is 1.80. The largest absolute Gasteiger partial charge is 0.370 e. The molecule has 0 radical (unpaired) electrons. The molecule has 0 unspecified atom stereocenters. The molecule has 1 aromatic rings. The molecule has 0 saturated carbocycles. The van der Waals surface area contributed by atoms with Crippen LogP contribution in [0.2, 0.25) is 0 Å². The number of hydrogen-bond acceptors (Lipinski definition) is 4. The van der Waals surface area contributed by atoms with Gasteiger partial charge in [0.05, 0.1) is 0 Å². The highest BCUT2D eigenvalue weighted by molar-refractivity contribution is 5.37. The highest BCUT2D eigenvalue weighted by Crippen LogP contribution is 2.18. The summed E-state index contributed by atoms with van der Waals surface area (Å²) in [6.45, 7) is 7.87. The van der Waals surface area contributed by atoms with Gasteiger partial charge < -0.3 is 15.1 Å². The first-order valence-electron chi connectivity index (χ1n) is 8.23. The third-order valence-electron chi connectivity index (χ3n) is 4.24. The molecule has 1 aliphatic heterocycles. The summed E-state index contributed by atoms with van der Waals surface area (Å²) in [5.74, 6) is 1.85. The Morgan fingerprint density at radius 1 is 1.38 bits per heavy atom. The fraction of sp³-hybridized carbons (Fsp3) is 0.706. The Hall–Kier alpha value is -1.13. The topological polar surface area (TPSA) is 31.4 Å². The van der Waals surface area contributed by atoms with Crippen LogP contribution < -0.4 is 5.32 Å². The maximum atomic E-state index is 4.37. The summed E-state index contributed by atoms with van der Waals surface area (Å²) in [4.78, 5) is 9.26. The summed E-state index contributed by atoms with van der Waals surface area (Å²) < 4.78 is 0. The molecule has 21 heavy (non-hydrogen) atoms. The van der Waals surface area contributed by atoms with Crippen molar-refractivity contribution in [2.75, 3.05) is 45.6 Å². The fourth-order valence-corrected chi connectivity index (χ4v) is 2.98. The highest BCUT2D eigenvalue weighted by atomic mass is 15.1. The van der Waals surface area contributed by atoms with E-state index in [2.05, 4.69) is 53.3 Å². The van der Waals surface area contributed by atoms with E-state index in [1.165, 1.54) is 38.0 Å². The van der Waals surface area contributed by atoms with Crippen molar-refractivity contribution in [2.45, 2.75) is 32.7 Å². The molecule has 118 valence electrons. The summed E-state index contributed by atoms with van der Waals surface area (Å²) in [5.41, 5.74) is 1.35. The Labute approximate surface area is 129 Å². The van der Waals surface area contributed by atoms with Gasteiger partial charge in [0.15, 0.2) is 0 Å². The lowest BCUT2D eigenvalue weighted by Gasteiger charge is -2.31. The zero-order chi connectivity index (χ0) is 15.1. The van der Waals surface area contributed by atoms with Crippen LogP contribution in [-0.2, 0) is 6.54 Å². The van der Waals surface area contributed by atoms with Crippen LogP contribution >= 0.6 is 0 Å². The number of nitrogens with zero attached hydrogens (tertiary/aromatic N) is 3. The Morgan fingerprint density at radius 2 is 2.14 bits per heavy atom. The van der Waals surface area contributed by atoms with Crippen LogP contribution in [0.5, 0.6) is 0 Å². The first-order valence-corrected chi connectivity index (χ1v) is 8.23. The zero-order valence-electron chi connectivity index (χ0n) is 13.8. The number of pyridine rings is 1. The van der Waals surface area contributed by atoms with E-state index >= 15 is 0 Å². The second-order valence-electron chi connectivity index (χ2n) is 6.42. The second kappa shape index (κ2) is 8.35. The van der Waals surface area contributed by atoms with Gasteiger partial charge in [-0.15, -0.1) is 0 Å². The minimum Gasteiger partial charge on any atom is -0.370 e. The van der Waals surface area contributed by atoms with Gasteiger partial charge in [0, 0.05) is 25.8 Å². The minimum absolute atomic E-state index is 0.853. The van der Waals surface area contributed by atoms with Crippen molar-refractivity contribution >= 4 is 5.82 Å². The summed E-state index contributed by atoms with van der Waals surface area (Å²) in [6.07, 6.45) is 5.71. The fourth-order valence-electron chi connectivity index (χ4n) is 2.98. The number of aromatic nitrogens is 1. The van der Waals surface area contributed by atoms with Gasteiger partial charge in [-0.1, -0.05) is 6.92 Å². The van der Waals surface area contributed by atoms with Gasteiger partial charge in [0.25, 0.3) is 0 Å². The number of piperidine rings is 1. The van der Waals surface area contributed by atoms with E-state index in [1.54, 1.807) is 0 Å². The van der Waals surface area contributed by atoms with E-state index in [1.807, 2.05) is 6.20 Å². The zero-order valence-corrected chi connectivity index (χ0v) is 13.8. The van der Waals surface area contributed by atoms with Crippen molar-refractivity contribution in [3.05, 3.63) is 23.9 Å². The molecule has 2 heterocycles. The summed E-state index contributed by atoms with van der Waals surface area (Å²) in [6, 6.07) is 4.31.